The third-order valence-electron chi connectivity index (χ3n) is 4.61. The molecule has 164 valence electrons. The molecule has 3 rings (SSSR count). The summed E-state index contributed by atoms with van der Waals surface area (Å²) in [6, 6.07) is 11.2. The average molecular weight is 482 g/mol. The topological polar surface area (TPSA) is 78.5 Å². The van der Waals surface area contributed by atoms with E-state index in [0.717, 1.165) is 23.8 Å². The Hall–Kier alpha value is -2.46. The minimum absolute atomic E-state index is 0.0452. The first kappa shape index (κ1) is 23.2. The number of hydrogen-bond donors (Lipinski definition) is 2. The van der Waals surface area contributed by atoms with E-state index < -0.39 is 15.8 Å². The molecule has 0 spiro atoms. The lowest BCUT2D eigenvalue weighted by atomic mass is 10.1. The molecule has 2 aromatic carbocycles. The van der Waals surface area contributed by atoms with Crippen LogP contribution in [0.15, 0.2) is 64.2 Å². The smallest absolute Gasteiger partial charge is 0.261 e. The first-order chi connectivity index (χ1) is 14.7. The number of carbonyl (C=O) groups is 1. The van der Waals surface area contributed by atoms with E-state index in [1.54, 1.807) is 11.3 Å². The van der Waals surface area contributed by atoms with Crippen LogP contribution in [0.2, 0.25) is 5.02 Å². The number of nitrogens with one attached hydrogen (secondary N) is 2. The quantitative estimate of drug-likeness (QED) is 0.500. The van der Waals surface area contributed by atoms with Gasteiger partial charge < -0.3 is 10.2 Å². The van der Waals surface area contributed by atoms with Gasteiger partial charge in [-0.3, -0.25) is 9.52 Å². The molecule has 31 heavy (non-hydrogen) atoms. The summed E-state index contributed by atoms with van der Waals surface area (Å²) in [6.07, 6.45) is 0. The van der Waals surface area contributed by atoms with Crippen molar-refractivity contribution in [3.8, 4) is 0 Å². The SMILES string of the molecule is CN(C)C(CNC(=O)c1ccc(NS(=O)(=O)c2ccc(F)c(Cl)c2)cc1)c1ccsc1. The average Bonchev–Trinajstić information content (AvgIpc) is 3.24. The number of carbonyl (C=O) groups excluding carboxylic acids is 1. The highest BCUT2D eigenvalue weighted by atomic mass is 35.5. The Labute approximate surface area is 189 Å². The molecule has 2 N–H and O–H groups in total. The minimum atomic E-state index is -3.95. The van der Waals surface area contributed by atoms with Crippen molar-refractivity contribution >= 4 is 44.6 Å². The van der Waals surface area contributed by atoms with Crippen LogP contribution in [0.1, 0.15) is 22.0 Å². The molecule has 1 atom stereocenters. The van der Waals surface area contributed by atoms with Crippen molar-refractivity contribution in [2.45, 2.75) is 10.9 Å². The Morgan fingerprint density at radius 2 is 1.87 bits per heavy atom. The molecule has 0 saturated carbocycles. The number of amides is 1. The maximum Gasteiger partial charge on any atom is 0.261 e. The molecule has 0 fully saturated rings. The normalized spacial score (nSPS) is 12.5. The largest absolute Gasteiger partial charge is 0.350 e. The van der Waals surface area contributed by atoms with Gasteiger partial charge in [-0.15, -0.1) is 0 Å². The summed E-state index contributed by atoms with van der Waals surface area (Å²) in [4.78, 5) is 14.4. The number of halogens is 2. The molecule has 0 bridgehead atoms. The van der Waals surface area contributed by atoms with Crippen molar-refractivity contribution in [2.24, 2.45) is 0 Å². The van der Waals surface area contributed by atoms with Crippen LogP contribution >= 0.6 is 22.9 Å². The number of thiophene rings is 1. The maximum atomic E-state index is 13.3. The van der Waals surface area contributed by atoms with E-state index in [-0.39, 0.29) is 27.6 Å². The molecule has 10 heteroatoms. The van der Waals surface area contributed by atoms with Crippen molar-refractivity contribution in [1.82, 2.24) is 10.2 Å². The number of anilines is 1. The Morgan fingerprint density at radius 3 is 2.45 bits per heavy atom. The van der Waals surface area contributed by atoms with Gasteiger partial charge in [0.2, 0.25) is 0 Å². The van der Waals surface area contributed by atoms with Gasteiger partial charge >= 0.3 is 0 Å². The molecule has 1 unspecified atom stereocenters. The molecule has 0 radical (unpaired) electrons. The van der Waals surface area contributed by atoms with Crippen LogP contribution in [0.4, 0.5) is 10.1 Å². The molecular formula is C21H21ClFN3O3S2. The van der Waals surface area contributed by atoms with Gasteiger partial charge in [0.15, 0.2) is 0 Å². The highest BCUT2D eigenvalue weighted by Gasteiger charge is 2.18. The fraction of sp³-hybridized carbons (Fsp3) is 0.190. The third kappa shape index (κ3) is 5.82. The molecule has 1 aromatic heterocycles. The van der Waals surface area contributed by atoms with Crippen LogP contribution < -0.4 is 10.0 Å². The molecule has 0 aliphatic carbocycles. The lowest BCUT2D eigenvalue weighted by Gasteiger charge is -2.24. The molecule has 1 amide bonds. The van der Waals surface area contributed by atoms with Crippen LogP contribution in [-0.2, 0) is 10.0 Å². The van der Waals surface area contributed by atoms with Gasteiger partial charge in [-0.25, -0.2) is 12.8 Å². The van der Waals surface area contributed by atoms with E-state index in [9.17, 15) is 17.6 Å². The molecular weight excluding hydrogens is 461 g/mol. The molecule has 0 saturated heterocycles. The van der Waals surface area contributed by atoms with E-state index in [0.29, 0.717) is 12.1 Å². The van der Waals surface area contributed by atoms with Gasteiger partial charge in [-0.05, 0) is 78.9 Å². The number of likely N-dealkylation sites (N-methyl/N-ethyl adjacent to an activating group) is 1. The Balaban J connectivity index is 1.65. The number of benzene rings is 2. The standard InChI is InChI=1S/C21H21ClFN3O3S2/c1-26(2)20(15-9-10-30-13-15)12-24-21(27)14-3-5-16(6-4-14)25-31(28,29)17-7-8-19(23)18(22)11-17/h3-11,13,20,25H,12H2,1-2H3,(H,24,27). The van der Waals surface area contributed by atoms with E-state index >= 15 is 0 Å². The maximum absolute atomic E-state index is 13.3. The van der Waals surface area contributed by atoms with Crippen LogP contribution in [0, 0.1) is 5.82 Å². The van der Waals surface area contributed by atoms with E-state index in [2.05, 4.69) is 10.0 Å². The van der Waals surface area contributed by atoms with Gasteiger partial charge in [0.1, 0.15) is 5.82 Å². The molecule has 3 aromatic rings. The van der Waals surface area contributed by atoms with Crippen molar-refractivity contribution in [3.63, 3.8) is 0 Å². The molecule has 1 heterocycles. The van der Waals surface area contributed by atoms with E-state index in [4.69, 9.17) is 11.6 Å². The minimum Gasteiger partial charge on any atom is -0.350 e. The zero-order valence-corrected chi connectivity index (χ0v) is 19.2. The summed E-state index contributed by atoms with van der Waals surface area (Å²) in [7, 11) is -0.0518. The predicted octanol–water partition coefficient (Wildman–Crippen LogP) is 4.37. The summed E-state index contributed by atoms with van der Waals surface area (Å²) in [5.41, 5.74) is 1.79. The van der Waals surface area contributed by atoms with Gasteiger partial charge in [-0.1, -0.05) is 11.6 Å². The van der Waals surface area contributed by atoms with Crippen molar-refractivity contribution in [3.05, 3.63) is 81.3 Å². The lowest BCUT2D eigenvalue weighted by Crippen LogP contribution is -2.34. The van der Waals surface area contributed by atoms with Crippen LogP contribution in [0.25, 0.3) is 0 Å². The van der Waals surface area contributed by atoms with Gasteiger partial charge in [0.05, 0.1) is 16.0 Å². The van der Waals surface area contributed by atoms with Crippen LogP contribution in [-0.4, -0.2) is 39.9 Å². The Morgan fingerprint density at radius 1 is 1.16 bits per heavy atom. The second-order valence-electron chi connectivity index (χ2n) is 7.00. The second-order valence-corrected chi connectivity index (χ2v) is 9.87. The highest BCUT2D eigenvalue weighted by Crippen LogP contribution is 2.23. The Kier molecular flexibility index (Phi) is 7.32. The van der Waals surface area contributed by atoms with Gasteiger partial charge in [0, 0.05) is 17.8 Å². The van der Waals surface area contributed by atoms with Crippen molar-refractivity contribution < 1.29 is 17.6 Å². The third-order valence-corrected chi connectivity index (χ3v) is 6.98. The Bertz CT molecular complexity index is 1150. The zero-order valence-electron chi connectivity index (χ0n) is 16.8. The van der Waals surface area contributed by atoms with E-state index in [1.807, 2.05) is 35.8 Å². The summed E-state index contributed by atoms with van der Waals surface area (Å²) in [5, 5.41) is 6.67. The lowest BCUT2D eigenvalue weighted by molar-refractivity contribution is 0.0942. The number of hydrogen-bond acceptors (Lipinski definition) is 5. The monoisotopic (exact) mass is 481 g/mol. The number of nitrogens with zero attached hydrogens (tertiary/aromatic N) is 1. The number of rotatable bonds is 8. The molecule has 0 aliphatic heterocycles. The summed E-state index contributed by atoms with van der Waals surface area (Å²) in [5.74, 6) is -0.965. The second kappa shape index (κ2) is 9.78. The highest BCUT2D eigenvalue weighted by molar-refractivity contribution is 7.92. The summed E-state index contributed by atoms with van der Waals surface area (Å²) in [6.45, 7) is 0.433. The van der Waals surface area contributed by atoms with Crippen molar-refractivity contribution in [2.75, 3.05) is 25.4 Å². The predicted molar refractivity (Wildman–Crippen MR) is 122 cm³/mol. The first-order valence-electron chi connectivity index (χ1n) is 9.22. The first-order valence-corrected chi connectivity index (χ1v) is 12.0. The summed E-state index contributed by atoms with van der Waals surface area (Å²) < 4.78 is 40.6. The van der Waals surface area contributed by atoms with E-state index in [1.165, 1.54) is 24.3 Å². The zero-order chi connectivity index (χ0) is 22.6. The van der Waals surface area contributed by atoms with Crippen molar-refractivity contribution in [1.29, 1.82) is 0 Å². The van der Waals surface area contributed by atoms with Gasteiger partial charge in [-0.2, -0.15) is 11.3 Å². The number of sulfonamides is 1. The van der Waals surface area contributed by atoms with Crippen LogP contribution in [0.5, 0.6) is 0 Å². The molecule has 0 aliphatic rings. The van der Waals surface area contributed by atoms with Crippen LogP contribution in [0.3, 0.4) is 0 Å². The fourth-order valence-corrected chi connectivity index (χ4v) is 4.94. The molecule has 6 nitrogen and oxygen atoms in total. The van der Waals surface area contributed by atoms with Gasteiger partial charge in [0.25, 0.3) is 15.9 Å². The fourth-order valence-electron chi connectivity index (χ4n) is 2.90. The summed E-state index contributed by atoms with van der Waals surface area (Å²) >= 11 is 7.27.